The zero-order chi connectivity index (χ0) is 14.7. The molecule has 1 fully saturated rings. The molecule has 1 aromatic rings. The number of rotatable bonds is 4. The lowest BCUT2D eigenvalue weighted by atomic mass is 10.1. The number of hydrogen-bond acceptors (Lipinski definition) is 4. The number of halogens is 1. The van der Waals surface area contributed by atoms with Gasteiger partial charge in [0.05, 0.1) is 0 Å². The summed E-state index contributed by atoms with van der Waals surface area (Å²) in [5.41, 5.74) is 1.00. The zero-order valence-corrected chi connectivity index (χ0v) is 12.7. The van der Waals surface area contributed by atoms with E-state index in [1.165, 1.54) is 0 Å². The molecule has 0 aromatic heterocycles. The fourth-order valence-electron chi connectivity index (χ4n) is 2.75. The number of ether oxygens (including phenoxy) is 1. The van der Waals surface area contributed by atoms with Gasteiger partial charge in [-0.3, -0.25) is 9.69 Å². The Balaban J connectivity index is 1.44. The van der Waals surface area contributed by atoms with Crippen LogP contribution in [-0.4, -0.2) is 56.2 Å². The molecule has 2 N–H and O–H groups in total. The number of amides is 1. The molecule has 0 saturated carbocycles. The van der Waals surface area contributed by atoms with Crippen molar-refractivity contribution in [2.45, 2.75) is 12.5 Å². The fraction of sp³-hybridized carbons (Fsp3) is 0.533. The molecule has 2 heterocycles. The van der Waals surface area contributed by atoms with Crippen molar-refractivity contribution in [1.29, 1.82) is 0 Å². The van der Waals surface area contributed by atoms with E-state index in [0.717, 1.165) is 44.0 Å². The molecule has 2 aliphatic heterocycles. The van der Waals surface area contributed by atoms with E-state index >= 15 is 0 Å². The summed E-state index contributed by atoms with van der Waals surface area (Å²) in [6.45, 7) is 5.68. The first kappa shape index (κ1) is 14.6. The van der Waals surface area contributed by atoms with Crippen LogP contribution in [0.2, 0.25) is 5.02 Å². The van der Waals surface area contributed by atoms with Crippen molar-refractivity contribution in [2.24, 2.45) is 0 Å². The van der Waals surface area contributed by atoms with Crippen molar-refractivity contribution in [2.75, 3.05) is 39.3 Å². The van der Waals surface area contributed by atoms with Gasteiger partial charge in [-0.05, 0) is 23.8 Å². The van der Waals surface area contributed by atoms with Crippen LogP contribution >= 0.6 is 11.6 Å². The Labute approximate surface area is 129 Å². The smallest absolute Gasteiger partial charge is 0.261 e. The molecule has 0 aliphatic carbocycles. The second-order valence-corrected chi connectivity index (χ2v) is 5.88. The van der Waals surface area contributed by atoms with Gasteiger partial charge >= 0.3 is 0 Å². The topological polar surface area (TPSA) is 53.6 Å². The number of nitrogens with one attached hydrogen (secondary N) is 2. The molecule has 1 saturated heterocycles. The maximum absolute atomic E-state index is 12.1. The molecule has 0 radical (unpaired) electrons. The molecule has 2 aliphatic rings. The first-order valence-corrected chi connectivity index (χ1v) is 7.76. The number of carbonyl (C=O) groups is 1. The van der Waals surface area contributed by atoms with Gasteiger partial charge in [0.2, 0.25) is 0 Å². The molecule has 1 unspecified atom stereocenters. The quantitative estimate of drug-likeness (QED) is 0.858. The molecule has 1 aromatic carbocycles. The number of fused-ring (bicyclic) bond motifs is 1. The summed E-state index contributed by atoms with van der Waals surface area (Å²) >= 11 is 5.95. The highest BCUT2D eigenvalue weighted by Gasteiger charge is 2.29. The molecule has 5 nitrogen and oxygen atoms in total. The second kappa shape index (κ2) is 6.64. The molecular formula is C15H20ClN3O2. The monoisotopic (exact) mass is 309 g/mol. The summed E-state index contributed by atoms with van der Waals surface area (Å²) in [6, 6.07) is 5.47. The van der Waals surface area contributed by atoms with E-state index in [1.54, 1.807) is 6.07 Å². The van der Waals surface area contributed by atoms with Crippen LogP contribution in [0.3, 0.4) is 0 Å². The van der Waals surface area contributed by atoms with E-state index < -0.39 is 6.10 Å². The van der Waals surface area contributed by atoms with E-state index in [1.807, 2.05) is 12.1 Å². The first-order chi connectivity index (χ1) is 10.2. The summed E-state index contributed by atoms with van der Waals surface area (Å²) in [5.74, 6) is 0.721. The summed E-state index contributed by atoms with van der Waals surface area (Å²) in [7, 11) is 0. The van der Waals surface area contributed by atoms with Crippen LogP contribution < -0.4 is 15.4 Å². The van der Waals surface area contributed by atoms with Gasteiger partial charge in [0.15, 0.2) is 6.10 Å². The molecule has 6 heteroatoms. The van der Waals surface area contributed by atoms with Gasteiger partial charge in [-0.2, -0.15) is 0 Å². The van der Waals surface area contributed by atoms with Crippen molar-refractivity contribution in [3.63, 3.8) is 0 Å². The fourth-order valence-corrected chi connectivity index (χ4v) is 2.94. The molecule has 0 bridgehead atoms. The number of piperazine rings is 1. The highest BCUT2D eigenvalue weighted by molar-refractivity contribution is 6.30. The minimum absolute atomic E-state index is 0.0440. The highest BCUT2D eigenvalue weighted by Crippen LogP contribution is 2.31. The predicted molar refractivity (Wildman–Crippen MR) is 81.9 cm³/mol. The van der Waals surface area contributed by atoms with E-state index in [2.05, 4.69) is 15.5 Å². The number of benzene rings is 1. The Kier molecular flexibility index (Phi) is 4.63. The summed E-state index contributed by atoms with van der Waals surface area (Å²) in [4.78, 5) is 14.5. The average molecular weight is 310 g/mol. The Hall–Kier alpha value is -1.30. The predicted octanol–water partition coefficient (Wildman–Crippen LogP) is 0.665. The van der Waals surface area contributed by atoms with Crippen molar-refractivity contribution in [3.05, 3.63) is 28.8 Å². The standard InChI is InChI=1S/C15H20ClN3O2/c16-12-1-2-13-11(9-12)10-14(21-13)15(20)18-5-8-19-6-3-17-4-7-19/h1-2,9,14,17H,3-8,10H2,(H,18,20). The third-order valence-corrected chi connectivity index (χ3v) is 4.16. The van der Waals surface area contributed by atoms with Crippen LogP contribution in [0.15, 0.2) is 18.2 Å². The summed E-state index contributed by atoms with van der Waals surface area (Å²) in [6.07, 6.45) is 0.163. The summed E-state index contributed by atoms with van der Waals surface area (Å²) < 4.78 is 5.67. The van der Waals surface area contributed by atoms with Crippen LogP contribution in [0.5, 0.6) is 5.75 Å². The van der Waals surface area contributed by atoms with Crippen LogP contribution in [0.4, 0.5) is 0 Å². The number of carbonyl (C=O) groups excluding carboxylic acids is 1. The molecule has 21 heavy (non-hydrogen) atoms. The van der Waals surface area contributed by atoms with Crippen LogP contribution in [0.1, 0.15) is 5.56 Å². The van der Waals surface area contributed by atoms with Crippen LogP contribution in [-0.2, 0) is 11.2 Å². The lowest BCUT2D eigenvalue weighted by Gasteiger charge is -2.27. The maximum atomic E-state index is 12.1. The van der Waals surface area contributed by atoms with Gasteiger partial charge in [0.1, 0.15) is 5.75 Å². The van der Waals surface area contributed by atoms with E-state index in [0.29, 0.717) is 18.0 Å². The first-order valence-electron chi connectivity index (χ1n) is 7.38. The SMILES string of the molecule is O=C(NCCN1CCNCC1)C1Cc2cc(Cl)ccc2O1. The normalized spacial score (nSPS) is 21.7. The summed E-state index contributed by atoms with van der Waals surface area (Å²) in [5, 5.41) is 6.95. The molecule has 1 atom stereocenters. The Morgan fingerprint density at radius 1 is 1.43 bits per heavy atom. The lowest BCUT2D eigenvalue weighted by molar-refractivity contribution is -0.127. The van der Waals surface area contributed by atoms with E-state index in [9.17, 15) is 4.79 Å². The molecule has 114 valence electrons. The van der Waals surface area contributed by atoms with Gasteiger partial charge in [0.25, 0.3) is 5.91 Å². The third kappa shape index (κ3) is 3.67. The minimum atomic E-state index is -0.429. The maximum Gasteiger partial charge on any atom is 0.261 e. The van der Waals surface area contributed by atoms with E-state index in [4.69, 9.17) is 16.3 Å². The Morgan fingerprint density at radius 3 is 3.05 bits per heavy atom. The van der Waals surface area contributed by atoms with Crippen molar-refractivity contribution >= 4 is 17.5 Å². The van der Waals surface area contributed by atoms with Crippen LogP contribution in [0, 0.1) is 0 Å². The van der Waals surface area contributed by atoms with Crippen molar-refractivity contribution < 1.29 is 9.53 Å². The molecule has 0 spiro atoms. The minimum Gasteiger partial charge on any atom is -0.480 e. The highest BCUT2D eigenvalue weighted by atomic mass is 35.5. The Morgan fingerprint density at radius 2 is 2.24 bits per heavy atom. The largest absolute Gasteiger partial charge is 0.480 e. The molecule has 3 rings (SSSR count). The number of nitrogens with zero attached hydrogens (tertiary/aromatic N) is 1. The van der Waals surface area contributed by atoms with Crippen LogP contribution in [0.25, 0.3) is 0 Å². The second-order valence-electron chi connectivity index (χ2n) is 5.45. The van der Waals surface area contributed by atoms with E-state index in [-0.39, 0.29) is 5.91 Å². The average Bonchev–Trinajstić information content (AvgIpc) is 2.91. The van der Waals surface area contributed by atoms with Gasteiger partial charge in [-0.1, -0.05) is 11.6 Å². The Bertz CT molecular complexity index is 518. The van der Waals surface area contributed by atoms with Crippen molar-refractivity contribution in [1.82, 2.24) is 15.5 Å². The third-order valence-electron chi connectivity index (χ3n) is 3.93. The van der Waals surface area contributed by atoms with Gasteiger partial charge in [-0.15, -0.1) is 0 Å². The lowest BCUT2D eigenvalue weighted by Crippen LogP contribution is -2.47. The molecular weight excluding hydrogens is 290 g/mol. The molecule has 1 amide bonds. The van der Waals surface area contributed by atoms with Gasteiger partial charge in [0, 0.05) is 50.7 Å². The van der Waals surface area contributed by atoms with Gasteiger partial charge in [-0.25, -0.2) is 0 Å². The number of hydrogen-bond donors (Lipinski definition) is 2. The zero-order valence-electron chi connectivity index (χ0n) is 11.9. The van der Waals surface area contributed by atoms with Gasteiger partial charge < -0.3 is 15.4 Å². The van der Waals surface area contributed by atoms with Crippen molar-refractivity contribution in [3.8, 4) is 5.75 Å².